The number of anilines is 1. The highest BCUT2D eigenvalue weighted by molar-refractivity contribution is 7.15. The Kier molecular flexibility index (Phi) is 4.43. The zero-order valence-electron chi connectivity index (χ0n) is 10.3. The third kappa shape index (κ3) is 3.73. The third-order valence-electron chi connectivity index (χ3n) is 2.38. The standard InChI is InChI=1S/C12H13N3O3S/c1-18-7-10-14-15-12(19-10)13-6-8-2-4-9(5-3-8)11(16)17/h2-5H,6-7H2,1H3,(H,13,15)(H,16,17). The van der Waals surface area contributed by atoms with Gasteiger partial charge in [-0.05, 0) is 17.7 Å². The lowest BCUT2D eigenvalue weighted by molar-refractivity contribution is 0.0697. The molecule has 0 atom stereocenters. The summed E-state index contributed by atoms with van der Waals surface area (Å²) in [5.74, 6) is -0.923. The topological polar surface area (TPSA) is 84.3 Å². The lowest BCUT2D eigenvalue weighted by Gasteiger charge is -2.02. The van der Waals surface area contributed by atoms with E-state index in [2.05, 4.69) is 15.5 Å². The molecular formula is C12H13N3O3S. The van der Waals surface area contributed by atoms with Crippen molar-refractivity contribution in [3.8, 4) is 0 Å². The lowest BCUT2D eigenvalue weighted by atomic mass is 10.1. The minimum atomic E-state index is -0.923. The van der Waals surface area contributed by atoms with Gasteiger partial charge in [-0.2, -0.15) is 0 Å². The third-order valence-corrected chi connectivity index (χ3v) is 3.23. The number of methoxy groups -OCH3 is 1. The van der Waals surface area contributed by atoms with Crippen LogP contribution in [0.4, 0.5) is 5.13 Å². The number of nitrogens with zero attached hydrogens (tertiary/aromatic N) is 2. The smallest absolute Gasteiger partial charge is 0.335 e. The van der Waals surface area contributed by atoms with Crippen LogP contribution in [0.3, 0.4) is 0 Å². The first kappa shape index (κ1) is 13.4. The van der Waals surface area contributed by atoms with Gasteiger partial charge in [-0.15, -0.1) is 10.2 Å². The molecule has 1 heterocycles. The first-order valence-corrected chi connectivity index (χ1v) is 6.38. The fourth-order valence-corrected chi connectivity index (χ4v) is 2.16. The maximum absolute atomic E-state index is 10.7. The number of hydrogen-bond donors (Lipinski definition) is 2. The van der Waals surface area contributed by atoms with Crippen molar-refractivity contribution in [1.82, 2.24) is 10.2 Å². The van der Waals surface area contributed by atoms with Crippen molar-refractivity contribution in [2.24, 2.45) is 0 Å². The summed E-state index contributed by atoms with van der Waals surface area (Å²) in [6.45, 7) is 1.02. The molecule has 0 spiro atoms. The van der Waals surface area contributed by atoms with Crippen LogP contribution in [0.2, 0.25) is 0 Å². The maximum atomic E-state index is 10.7. The predicted molar refractivity (Wildman–Crippen MR) is 71.4 cm³/mol. The minimum absolute atomic E-state index is 0.280. The largest absolute Gasteiger partial charge is 0.478 e. The van der Waals surface area contributed by atoms with Gasteiger partial charge in [0, 0.05) is 13.7 Å². The van der Waals surface area contributed by atoms with Crippen molar-refractivity contribution in [2.45, 2.75) is 13.2 Å². The Bertz CT molecular complexity index is 554. The number of carboxylic acid groups (broad SMARTS) is 1. The summed E-state index contributed by atoms with van der Waals surface area (Å²) < 4.78 is 4.96. The average molecular weight is 279 g/mol. The summed E-state index contributed by atoms with van der Waals surface area (Å²) in [6, 6.07) is 6.70. The number of hydrogen-bond acceptors (Lipinski definition) is 6. The Hall–Kier alpha value is -1.99. The summed E-state index contributed by atoms with van der Waals surface area (Å²) in [5, 5.41) is 21.4. The van der Waals surface area contributed by atoms with Gasteiger partial charge in [-0.25, -0.2) is 4.79 Å². The molecule has 0 unspecified atom stereocenters. The van der Waals surface area contributed by atoms with Crippen LogP contribution >= 0.6 is 11.3 Å². The van der Waals surface area contributed by atoms with Crippen molar-refractivity contribution >= 4 is 22.4 Å². The Morgan fingerprint density at radius 2 is 2.11 bits per heavy atom. The molecule has 19 heavy (non-hydrogen) atoms. The SMILES string of the molecule is COCc1nnc(NCc2ccc(C(=O)O)cc2)s1. The molecule has 6 nitrogen and oxygen atoms in total. The molecule has 2 rings (SSSR count). The number of nitrogens with one attached hydrogen (secondary N) is 1. The fourth-order valence-electron chi connectivity index (χ4n) is 1.45. The van der Waals surface area contributed by atoms with Crippen LogP contribution in [0.25, 0.3) is 0 Å². The molecular weight excluding hydrogens is 266 g/mol. The molecule has 0 aliphatic heterocycles. The quantitative estimate of drug-likeness (QED) is 0.841. The van der Waals surface area contributed by atoms with Crippen molar-refractivity contribution < 1.29 is 14.6 Å². The van der Waals surface area contributed by atoms with E-state index in [1.165, 1.54) is 11.3 Å². The van der Waals surface area contributed by atoms with Crippen LogP contribution in [0.5, 0.6) is 0 Å². The number of carboxylic acids is 1. The van der Waals surface area contributed by atoms with E-state index in [0.29, 0.717) is 13.2 Å². The van der Waals surface area contributed by atoms with Crippen LogP contribution in [0.15, 0.2) is 24.3 Å². The normalized spacial score (nSPS) is 10.4. The molecule has 1 aromatic heterocycles. The highest BCUT2D eigenvalue weighted by Crippen LogP contribution is 2.16. The monoisotopic (exact) mass is 279 g/mol. The van der Waals surface area contributed by atoms with Gasteiger partial charge >= 0.3 is 5.97 Å². The van der Waals surface area contributed by atoms with Crippen LogP contribution in [-0.2, 0) is 17.9 Å². The molecule has 7 heteroatoms. The molecule has 0 saturated carbocycles. The molecule has 100 valence electrons. The van der Waals surface area contributed by atoms with Crippen LogP contribution in [0, 0.1) is 0 Å². The Morgan fingerprint density at radius 3 is 2.74 bits per heavy atom. The van der Waals surface area contributed by atoms with E-state index in [-0.39, 0.29) is 5.56 Å². The van der Waals surface area contributed by atoms with E-state index >= 15 is 0 Å². The number of aromatic carboxylic acids is 1. The van der Waals surface area contributed by atoms with Gasteiger partial charge in [0.1, 0.15) is 11.6 Å². The van der Waals surface area contributed by atoms with Crippen molar-refractivity contribution in [2.75, 3.05) is 12.4 Å². The summed E-state index contributed by atoms with van der Waals surface area (Å²) >= 11 is 1.43. The number of carbonyl (C=O) groups is 1. The highest BCUT2D eigenvalue weighted by atomic mass is 32.1. The zero-order valence-corrected chi connectivity index (χ0v) is 11.1. The van der Waals surface area contributed by atoms with Crippen molar-refractivity contribution in [3.63, 3.8) is 0 Å². The Morgan fingerprint density at radius 1 is 1.37 bits per heavy atom. The number of rotatable bonds is 6. The van der Waals surface area contributed by atoms with Crippen LogP contribution in [0.1, 0.15) is 20.9 Å². The van der Waals surface area contributed by atoms with Crippen LogP contribution in [-0.4, -0.2) is 28.4 Å². The molecule has 2 aromatic rings. The summed E-state index contributed by atoms with van der Waals surface area (Å²) in [7, 11) is 1.61. The van der Waals surface area contributed by atoms with Gasteiger partial charge in [-0.1, -0.05) is 23.5 Å². The summed E-state index contributed by atoms with van der Waals surface area (Å²) in [5.41, 5.74) is 1.26. The first-order chi connectivity index (χ1) is 9.19. The first-order valence-electron chi connectivity index (χ1n) is 5.56. The van der Waals surface area contributed by atoms with Crippen LogP contribution < -0.4 is 5.32 Å². The van der Waals surface area contributed by atoms with E-state index in [9.17, 15) is 4.79 Å². The summed E-state index contributed by atoms with van der Waals surface area (Å²) in [4.78, 5) is 10.7. The second-order valence-electron chi connectivity index (χ2n) is 3.79. The van der Waals surface area contributed by atoms with Gasteiger partial charge < -0.3 is 15.2 Å². The molecule has 0 aliphatic rings. The number of benzene rings is 1. The minimum Gasteiger partial charge on any atom is -0.478 e. The highest BCUT2D eigenvalue weighted by Gasteiger charge is 2.04. The maximum Gasteiger partial charge on any atom is 0.335 e. The summed E-state index contributed by atoms with van der Waals surface area (Å²) in [6.07, 6.45) is 0. The fraction of sp³-hybridized carbons (Fsp3) is 0.250. The van der Waals surface area contributed by atoms with Gasteiger partial charge in [0.05, 0.1) is 5.56 Å². The number of ether oxygens (including phenoxy) is 1. The average Bonchev–Trinajstić information content (AvgIpc) is 2.85. The predicted octanol–water partition coefficient (Wildman–Crippen LogP) is 1.99. The van der Waals surface area contributed by atoms with Gasteiger partial charge in [0.25, 0.3) is 0 Å². The molecule has 0 fully saturated rings. The Balaban J connectivity index is 1.92. The lowest BCUT2D eigenvalue weighted by Crippen LogP contribution is -2.00. The van der Waals surface area contributed by atoms with E-state index in [4.69, 9.17) is 9.84 Å². The van der Waals surface area contributed by atoms with E-state index < -0.39 is 5.97 Å². The van der Waals surface area contributed by atoms with Gasteiger partial charge in [0.15, 0.2) is 0 Å². The van der Waals surface area contributed by atoms with E-state index in [0.717, 1.165) is 15.7 Å². The Labute approximate surface area is 114 Å². The van der Waals surface area contributed by atoms with Crippen molar-refractivity contribution in [3.05, 3.63) is 40.4 Å². The van der Waals surface area contributed by atoms with E-state index in [1.807, 2.05) is 0 Å². The van der Waals surface area contributed by atoms with Gasteiger partial charge in [-0.3, -0.25) is 0 Å². The molecule has 2 N–H and O–H groups in total. The van der Waals surface area contributed by atoms with E-state index in [1.54, 1.807) is 31.4 Å². The molecule has 0 amide bonds. The van der Waals surface area contributed by atoms with Gasteiger partial charge in [0.2, 0.25) is 5.13 Å². The van der Waals surface area contributed by atoms with Crippen molar-refractivity contribution in [1.29, 1.82) is 0 Å². The zero-order chi connectivity index (χ0) is 13.7. The second kappa shape index (κ2) is 6.26. The molecule has 1 aromatic carbocycles. The molecule has 0 aliphatic carbocycles. The number of aromatic nitrogens is 2. The molecule has 0 bridgehead atoms. The molecule has 0 radical (unpaired) electrons. The molecule has 0 saturated heterocycles. The second-order valence-corrected chi connectivity index (χ2v) is 4.85.